The Balaban J connectivity index is 2.28. The van der Waals surface area contributed by atoms with Crippen molar-refractivity contribution in [3.8, 4) is 0 Å². The highest BCUT2D eigenvalue weighted by molar-refractivity contribution is 7.94. The molecule has 154 valence electrons. The molecule has 0 saturated carbocycles. The smallest absolute Gasteiger partial charge is 0.294 e. The maximum atomic E-state index is 11.4. The van der Waals surface area contributed by atoms with E-state index in [0.717, 1.165) is 25.0 Å². The third kappa shape index (κ3) is 6.71. The summed E-state index contributed by atoms with van der Waals surface area (Å²) in [5, 5.41) is 17.6. The van der Waals surface area contributed by atoms with Gasteiger partial charge in [-0.05, 0) is 37.6 Å². The van der Waals surface area contributed by atoms with Gasteiger partial charge in [0, 0.05) is 6.54 Å². The predicted molar refractivity (Wildman–Crippen MR) is 101 cm³/mol. The minimum atomic E-state index is -4.46. The van der Waals surface area contributed by atoms with Gasteiger partial charge in [-0.2, -0.15) is 23.4 Å². The average Bonchev–Trinajstić information content (AvgIpc) is 2.63. The zero-order chi connectivity index (χ0) is 20.6. The number of benzene rings is 1. The molecule has 2 aromatic rings. The topological polar surface area (TPSA) is 208 Å². The van der Waals surface area contributed by atoms with E-state index in [1.165, 1.54) is 6.07 Å². The largest absolute Gasteiger partial charge is 0.368 e. The molecule has 0 unspecified atom stereocenters. The van der Waals surface area contributed by atoms with Gasteiger partial charge in [0.15, 0.2) is 0 Å². The third-order valence-electron chi connectivity index (χ3n) is 3.22. The fraction of sp³-hybridized carbons (Fsp3) is 0.308. The van der Waals surface area contributed by atoms with Crippen LogP contribution in [0.4, 0.5) is 23.5 Å². The van der Waals surface area contributed by atoms with Crippen LogP contribution in [-0.4, -0.2) is 46.3 Å². The monoisotopic (exact) mass is 433 g/mol. The Morgan fingerprint density at radius 3 is 2.61 bits per heavy atom. The van der Waals surface area contributed by atoms with Crippen LogP contribution in [0.25, 0.3) is 0 Å². The Kier molecular flexibility index (Phi) is 8.12. The fourth-order valence-electron chi connectivity index (χ4n) is 2.01. The Morgan fingerprint density at radius 1 is 1.18 bits per heavy atom. The fourth-order valence-corrected chi connectivity index (χ4v) is 2.94. The Hall–Kier alpha value is -2.27. The van der Waals surface area contributed by atoms with E-state index in [0.29, 0.717) is 25.1 Å². The average molecular weight is 433 g/mol. The number of nitrogens with zero attached hydrogens (tertiary/aromatic N) is 3. The van der Waals surface area contributed by atoms with Crippen molar-refractivity contribution < 1.29 is 27.6 Å². The van der Waals surface area contributed by atoms with Gasteiger partial charge in [-0.3, -0.25) is 4.55 Å². The minimum Gasteiger partial charge on any atom is -0.368 e. The van der Waals surface area contributed by atoms with Crippen LogP contribution in [0.15, 0.2) is 28.0 Å². The second-order valence-electron chi connectivity index (χ2n) is 5.25. The van der Waals surface area contributed by atoms with E-state index in [1.54, 1.807) is 0 Å². The summed E-state index contributed by atoms with van der Waals surface area (Å²) in [6.07, 6.45) is 1.63. The minimum absolute atomic E-state index is 0.00748. The van der Waals surface area contributed by atoms with Crippen molar-refractivity contribution in [2.75, 3.05) is 29.5 Å². The normalized spacial score (nSPS) is 11.4. The number of nitrogens with one attached hydrogen (secondary N) is 2. The molecule has 0 atom stereocenters. The summed E-state index contributed by atoms with van der Waals surface area (Å²) >= 11 is 0.572. The molecular formula is C13H19N7O6S2. The molecule has 0 saturated heterocycles. The number of nitrogens with two attached hydrogens (primary N) is 2. The number of unbranched alkanes of at least 4 members (excludes halogenated alkanes) is 1. The summed E-state index contributed by atoms with van der Waals surface area (Å²) in [5.74, 6) is 0.143. The van der Waals surface area contributed by atoms with Crippen LogP contribution < -0.4 is 22.1 Å². The van der Waals surface area contributed by atoms with Crippen LogP contribution in [0.5, 0.6) is 0 Å². The maximum Gasteiger partial charge on any atom is 0.294 e. The summed E-state index contributed by atoms with van der Waals surface area (Å²) in [7, 11) is -4.46. The molecule has 0 fully saturated rings. The lowest BCUT2D eigenvalue weighted by molar-refractivity contribution is -0.432. The third-order valence-corrected chi connectivity index (χ3v) is 4.73. The van der Waals surface area contributed by atoms with Gasteiger partial charge in [0.2, 0.25) is 17.8 Å². The molecule has 0 bridgehead atoms. The molecule has 28 heavy (non-hydrogen) atoms. The Morgan fingerprint density at radius 2 is 1.93 bits per heavy atom. The van der Waals surface area contributed by atoms with Gasteiger partial charge in [-0.15, -0.1) is 4.33 Å². The molecule has 1 aromatic carbocycles. The molecule has 1 aromatic heterocycles. The van der Waals surface area contributed by atoms with Crippen LogP contribution in [0.2, 0.25) is 0 Å². The first kappa shape index (κ1) is 22.0. The summed E-state index contributed by atoms with van der Waals surface area (Å²) < 4.78 is 36.4. The molecule has 2 rings (SSSR count). The molecule has 0 amide bonds. The zero-order valence-corrected chi connectivity index (χ0v) is 16.0. The molecule has 0 aliphatic heterocycles. The van der Waals surface area contributed by atoms with Gasteiger partial charge in [-0.1, -0.05) is 5.04 Å². The van der Waals surface area contributed by atoms with Crippen molar-refractivity contribution in [3.63, 3.8) is 0 Å². The number of rotatable bonds is 11. The number of hydrogen-bond donors (Lipinski definition) is 6. The molecule has 0 radical (unpaired) electrons. The van der Waals surface area contributed by atoms with Gasteiger partial charge < -0.3 is 22.1 Å². The molecule has 0 aliphatic carbocycles. The van der Waals surface area contributed by atoms with Crippen LogP contribution in [0.1, 0.15) is 12.8 Å². The molecule has 13 nitrogen and oxygen atoms in total. The standard InChI is InChI=1S/C13H19N7O6S2/c14-5-1-2-6-16-12-18-11(15)19-13(20-12)17-9-7-8(28(22,23)24)3-4-10(9)27-26-25-21/h3-4,7,21H,1-2,5-6,14H2,(H,22,23,24)(H4,15,16,17,18,19,20). The quantitative estimate of drug-likeness (QED) is 0.0961. The number of nitrogen functional groups attached to an aromatic ring is 1. The van der Waals surface area contributed by atoms with Gasteiger partial charge in [-0.25, -0.2) is 5.26 Å². The highest BCUT2D eigenvalue weighted by atomic mass is 32.2. The lowest BCUT2D eigenvalue weighted by Crippen LogP contribution is -2.11. The van der Waals surface area contributed by atoms with Crippen LogP contribution in [0, 0.1) is 0 Å². The van der Waals surface area contributed by atoms with Crippen molar-refractivity contribution in [3.05, 3.63) is 18.2 Å². The number of hydrogen-bond acceptors (Lipinski definition) is 13. The van der Waals surface area contributed by atoms with Crippen molar-refractivity contribution in [2.45, 2.75) is 22.6 Å². The highest BCUT2D eigenvalue weighted by Crippen LogP contribution is 2.32. The second kappa shape index (κ2) is 10.3. The SMILES string of the molecule is NCCCCNc1nc(N)nc(Nc2cc(S(=O)(=O)O)ccc2SOOO)n1. The van der Waals surface area contributed by atoms with Gasteiger partial charge in [0.25, 0.3) is 10.1 Å². The van der Waals surface area contributed by atoms with Crippen molar-refractivity contribution in [1.29, 1.82) is 0 Å². The lowest BCUT2D eigenvalue weighted by Gasteiger charge is -2.12. The van der Waals surface area contributed by atoms with Gasteiger partial charge >= 0.3 is 0 Å². The van der Waals surface area contributed by atoms with E-state index in [9.17, 15) is 13.0 Å². The van der Waals surface area contributed by atoms with E-state index in [4.69, 9.17) is 16.7 Å². The molecular weight excluding hydrogens is 414 g/mol. The second-order valence-corrected chi connectivity index (χ2v) is 7.41. The highest BCUT2D eigenvalue weighted by Gasteiger charge is 2.15. The number of anilines is 4. The van der Waals surface area contributed by atoms with Gasteiger partial charge in [0.1, 0.15) is 0 Å². The Bertz CT molecular complexity index is 899. The maximum absolute atomic E-state index is 11.4. The van der Waals surface area contributed by atoms with E-state index < -0.39 is 10.1 Å². The van der Waals surface area contributed by atoms with E-state index >= 15 is 0 Å². The van der Waals surface area contributed by atoms with Crippen LogP contribution in [-0.2, 0) is 19.5 Å². The lowest BCUT2D eigenvalue weighted by atomic mass is 10.3. The Labute approximate surface area is 164 Å². The van der Waals surface area contributed by atoms with Crippen molar-refractivity contribution >= 4 is 45.7 Å². The first-order chi connectivity index (χ1) is 13.3. The first-order valence-corrected chi connectivity index (χ1v) is 10.0. The van der Waals surface area contributed by atoms with Gasteiger partial charge in [0.05, 0.1) is 27.5 Å². The van der Waals surface area contributed by atoms with Crippen molar-refractivity contribution in [2.24, 2.45) is 5.73 Å². The predicted octanol–water partition coefficient (Wildman–Crippen LogP) is 1.02. The zero-order valence-electron chi connectivity index (χ0n) is 14.4. The summed E-state index contributed by atoms with van der Waals surface area (Å²) in [5.41, 5.74) is 11.3. The van der Waals surface area contributed by atoms with Crippen molar-refractivity contribution in [1.82, 2.24) is 15.0 Å². The van der Waals surface area contributed by atoms with Crippen LogP contribution in [0.3, 0.4) is 0 Å². The number of aromatic nitrogens is 3. The molecule has 8 N–H and O–H groups in total. The molecule has 0 aliphatic rings. The summed E-state index contributed by atoms with van der Waals surface area (Å²) in [6.45, 7) is 1.14. The van der Waals surface area contributed by atoms with E-state index in [2.05, 4.69) is 35.0 Å². The van der Waals surface area contributed by atoms with Crippen LogP contribution >= 0.6 is 12.0 Å². The molecule has 15 heteroatoms. The summed E-state index contributed by atoms with van der Waals surface area (Å²) in [6, 6.07) is 3.56. The molecule has 0 spiro atoms. The van der Waals surface area contributed by atoms with E-state index in [-0.39, 0.29) is 33.3 Å². The van der Waals surface area contributed by atoms with E-state index in [1.807, 2.05) is 0 Å². The summed E-state index contributed by atoms with van der Waals surface area (Å²) in [4.78, 5) is 11.9. The first-order valence-electron chi connectivity index (χ1n) is 7.82. The molecule has 1 heterocycles.